The van der Waals surface area contributed by atoms with Crippen LogP contribution in [0.15, 0.2) is 24.3 Å². The monoisotopic (exact) mass is 815 g/mol. The molecule has 1 aromatic rings. The molecular formula is C47H83BN2O8. The molecule has 0 unspecified atom stereocenters. The van der Waals surface area contributed by atoms with Gasteiger partial charge in [0.2, 0.25) is 11.8 Å². The second-order valence-electron chi connectivity index (χ2n) is 16.3. The van der Waals surface area contributed by atoms with Gasteiger partial charge in [0.25, 0.3) is 0 Å². The zero-order chi connectivity index (χ0) is 42.3. The van der Waals surface area contributed by atoms with Crippen LogP contribution in [0.25, 0.3) is 0 Å². The lowest BCUT2D eigenvalue weighted by atomic mass is 9.80. The lowest BCUT2D eigenvalue weighted by Gasteiger charge is -2.18. The Bertz CT molecular complexity index is 1180. The van der Waals surface area contributed by atoms with E-state index in [1.165, 1.54) is 89.9 Å². The highest BCUT2D eigenvalue weighted by molar-refractivity contribution is 6.58. The second kappa shape index (κ2) is 38.3. The molecule has 1 atom stereocenters. The Morgan fingerprint density at radius 2 is 0.983 bits per heavy atom. The average Bonchev–Trinajstić information content (AvgIpc) is 3.21. The normalized spacial score (nSPS) is 11.6. The topological polar surface area (TPSA) is 151 Å². The van der Waals surface area contributed by atoms with E-state index in [2.05, 4.69) is 24.5 Å². The van der Waals surface area contributed by atoms with E-state index in [0.717, 1.165) is 89.9 Å². The van der Waals surface area contributed by atoms with E-state index in [1.807, 2.05) is 0 Å². The van der Waals surface area contributed by atoms with Gasteiger partial charge in [0.1, 0.15) is 6.04 Å². The molecule has 0 spiro atoms. The van der Waals surface area contributed by atoms with Crippen LogP contribution in [-0.4, -0.2) is 60.2 Å². The Morgan fingerprint density at radius 1 is 0.552 bits per heavy atom. The molecule has 332 valence electrons. The van der Waals surface area contributed by atoms with Crippen LogP contribution in [0.5, 0.6) is 0 Å². The van der Waals surface area contributed by atoms with Gasteiger partial charge in [-0.2, -0.15) is 0 Å². The van der Waals surface area contributed by atoms with Gasteiger partial charge in [-0.1, -0.05) is 180 Å². The van der Waals surface area contributed by atoms with Gasteiger partial charge in [-0.05, 0) is 49.7 Å². The maximum absolute atomic E-state index is 13.1. The van der Waals surface area contributed by atoms with Crippen molar-refractivity contribution in [2.45, 2.75) is 225 Å². The first kappa shape index (κ1) is 53.1. The van der Waals surface area contributed by atoms with Gasteiger partial charge in [0, 0.05) is 24.9 Å². The Morgan fingerprint density at radius 3 is 1.47 bits per heavy atom. The largest absolute Gasteiger partial charge is 0.488 e. The van der Waals surface area contributed by atoms with E-state index in [9.17, 15) is 29.2 Å². The molecule has 0 aliphatic carbocycles. The van der Waals surface area contributed by atoms with Crippen LogP contribution in [0, 0.1) is 0 Å². The lowest BCUT2D eigenvalue weighted by molar-refractivity contribution is -0.149. The van der Waals surface area contributed by atoms with E-state index < -0.39 is 19.1 Å². The quantitative estimate of drug-likeness (QED) is 0.0290. The molecule has 0 saturated heterocycles. The van der Waals surface area contributed by atoms with Crippen molar-refractivity contribution in [3.8, 4) is 0 Å². The first-order chi connectivity index (χ1) is 28.3. The molecule has 2 amide bonds. The van der Waals surface area contributed by atoms with Crippen LogP contribution in [0.4, 0.5) is 5.69 Å². The van der Waals surface area contributed by atoms with Crippen molar-refractivity contribution in [1.82, 2.24) is 5.32 Å². The SMILES string of the molecule is CCCCCCCCCCCCOC(=O)CC[C@H](NC(=O)CCCCCCCCCCC(=O)Nc1cccc(B(O)O)c1)C(=O)OCCCCCCCCCCCC. The molecule has 0 saturated carbocycles. The first-order valence-electron chi connectivity index (χ1n) is 23.6. The first-order valence-corrected chi connectivity index (χ1v) is 23.6. The van der Waals surface area contributed by atoms with Gasteiger partial charge in [-0.15, -0.1) is 0 Å². The Kier molecular flexibility index (Phi) is 35.1. The third-order valence-electron chi connectivity index (χ3n) is 10.8. The molecule has 0 bridgehead atoms. The van der Waals surface area contributed by atoms with Crippen LogP contribution < -0.4 is 16.1 Å². The maximum atomic E-state index is 13.1. The molecule has 0 radical (unpaired) electrons. The van der Waals surface area contributed by atoms with Gasteiger partial charge < -0.3 is 30.2 Å². The van der Waals surface area contributed by atoms with Crippen LogP contribution in [0.2, 0.25) is 0 Å². The Balaban J connectivity index is 2.30. The fourth-order valence-corrected chi connectivity index (χ4v) is 7.12. The van der Waals surface area contributed by atoms with Crippen molar-refractivity contribution in [2.75, 3.05) is 18.5 Å². The van der Waals surface area contributed by atoms with Gasteiger partial charge in [0.05, 0.1) is 13.2 Å². The summed E-state index contributed by atoms with van der Waals surface area (Å²) in [6.07, 6.45) is 32.5. The fraction of sp³-hybridized carbons (Fsp3) is 0.787. The third-order valence-corrected chi connectivity index (χ3v) is 10.8. The molecular weight excluding hydrogens is 731 g/mol. The zero-order valence-corrected chi connectivity index (χ0v) is 36.8. The van der Waals surface area contributed by atoms with Crippen molar-refractivity contribution >= 4 is 42.0 Å². The van der Waals surface area contributed by atoms with Gasteiger partial charge in [-0.25, -0.2) is 4.79 Å². The lowest BCUT2D eigenvalue weighted by Crippen LogP contribution is -2.42. The van der Waals surface area contributed by atoms with Crippen LogP contribution >= 0.6 is 0 Å². The van der Waals surface area contributed by atoms with Crippen LogP contribution in [0.1, 0.15) is 219 Å². The molecule has 0 aliphatic heterocycles. The number of carbonyl (C=O) groups excluding carboxylic acids is 4. The summed E-state index contributed by atoms with van der Waals surface area (Å²) >= 11 is 0. The van der Waals surface area contributed by atoms with Crippen molar-refractivity contribution in [1.29, 1.82) is 0 Å². The van der Waals surface area contributed by atoms with Crippen molar-refractivity contribution in [3.63, 3.8) is 0 Å². The number of ether oxygens (including phenoxy) is 2. The summed E-state index contributed by atoms with van der Waals surface area (Å²) in [7, 11) is -1.57. The molecule has 0 aromatic heterocycles. The average molecular weight is 815 g/mol. The fourth-order valence-electron chi connectivity index (χ4n) is 7.12. The number of nitrogens with one attached hydrogen (secondary N) is 2. The number of amides is 2. The van der Waals surface area contributed by atoms with Gasteiger partial charge >= 0.3 is 19.1 Å². The van der Waals surface area contributed by atoms with E-state index in [0.29, 0.717) is 37.2 Å². The maximum Gasteiger partial charge on any atom is 0.488 e. The number of carbonyl (C=O) groups is 4. The van der Waals surface area contributed by atoms with E-state index >= 15 is 0 Å². The third kappa shape index (κ3) is 32.0. The highest BCUT2D eigenvalue weighted by atomic mass is 16.5. The number of benzene rings is 1. The van der Waals surface area contributed by atoms with Gasteiger partial charge in [-0.3, -0.25) is 14.4 Å². The van der Waals surface area contributed by atoms with Crippen molar-refractivity contribution < 1.29 is 38.7 Å². The smallest absolute Gasteiger partial charge is 0.466 e. The van der Waals surface area contributed by atoms with E-state index in [1.54, 1.807) is 24.3 Å². The predicted octanol–water partition coefficient (Wildman–Crippen LogP) is 10.4. The number of anilines is 1. The molecule has 1 aromatic carbocycles. The molecule has 0 fully saturated rings. The number of hydrogen-bond acceptors (Lipinski definition) is 8. The molecule has 4 N–H and O–H groups in total. The Labute approximate surface area is 353 Å². The summed E-state index contributed by atoms with van der Waals surface area (Å²) in [6.45, 7) is 5.19. The van der Waals surface area contributed by atoms with Crippen molar-refractivity contribution in [3.05, 3.63) is 24.3 Å². The Hall–Kier alpha value is -2.92. The van der Waals surface area contributed by atoms with E-state index in [4.69, 9.17) is 9.47 Å². The highest BCUT2D eigenvalue weighted by Crippen LogP contribution is 2.15. The molecule has 10 nitrogen and oxygen atoms in total. The van der Waals surface area contributed by atoms with Gasteiger partial charge in [0.15, 0.2) is 0 Å². The minimum Gasteiger partial charge on any atom is -0.466 e. The number of esters is 2. The molecule has 0 heterocycles. The summed E-state index contributed by atoms with van der Waals surface area (Å²) in [6, 6.07) is 5.68. The van der Waals surface area contributed by atoms with Crippen molar-refractivity contribution in [2.24, 2.45) is 0 Å². The standard InChI is InChI=1S/C47H83BN2O8/c1-3-5-7-9-11-13-17-21-25-29-38-57-46(53)37-36-43(47(54)58-39-30-26-22-18-14-12-10-8-6-4-2)50-45(52)35-28-24-20-16-15-19-23-27-34-44(51)49-42-33-31-32-41(40-42)48(55)56/h31-33,40,43,55-56H,3-30,34-39H2,1-2H3,(H,49,51)(H,50,52)/t43-/m0/s1. The summed E-state index contributed by atoms with van der Waals surface area (Å²) in [5.41, 5.74) is 0.884. The van der Waals surface area contributed by atoms with E-state index in [-0.39, 0.29) is 30.6 Å². The number of hydrogen-bond donors (Lipinski definition) is 4. The summed E-state index contributed by atoms with van der Waals surface area (Å²) in [4.78, 5) is 50.7. The minimum absolute atomic E-state index is 0.0598. The zero-order valence-electron chi connectivity index (χ0n) is 36.8. The molecule has 11 heteroatoms. The summed E-state index contributed by atoms with van der Waals surface area (Å²) in [5.74, 6) is -1.10. The van der Waals surface area contributed by atoms with Crippen LogP contribution in [0.3, 0.4) is 0 Å². The summed E-state index contributed by atoms with van der Waals surface area (Å²) < 4.78 is 11.0. The highest BCUT2D eigenvalue weighted by Gasteiger charge is 2.23. The predicted molar refractivity (Wildman–Crippen MR) is 238 cm³/mol. The second-order valence-corrected chi connectivity index (χ2v) is 16.3. The molecule has 58 heavy (non-hydrogen) atoms. The number of rotatable bonds is 40. The van der Waals surface area contributed by atoms with Crippen LogP contribution in [-0.2, 0) is 28.7 Å². The molecule has 0 aliphatic rings. The molecule has 1 rings (SSSR count). The minimum atomic E-state index is -1.57. The number of unbranched alkanes of at least 4 members (excludes halogenated alkanes) is 25. The summed E-state index contributed by atoms with van der Waals surface area (Å²) in [5, 5.41) is 24.3.